The molecule has 1 aromatic rings. The van der Waals surface area contributed by atoms with Gasteiger partial charge in [0.25, 0.3) is 5.75 Å². The van der Waals surface area contributed by atoms with Crippen molar-refractivity contribution in [3.05, 3.63) is 23.8 Å². The van der Waals surface area contributed by atoms with Crippen molar-refractivity contribution in [2.24, 2.45) is 0 Å². The predicted octanol–water partition coefficient (Wildman–Crippen LogP) is 1.66. The summed E-state index contributed by atoms with van der Waals surface area (Å²) in [6.07, 6.45) is 2.34. The Kier molecular flexibility index (Phi) is 5.40. The molecule has 1 N–H and O–H groups in total. The number of hydrogen-bond acceptors (Lipinski definition) is 6. The number of carboxylic acids is 1. The van der Waals surface area contributed by atoms with Crippen LogP contribution in [0.25, 0.3) is 6.08 Å². The standard InChI is InChI=1S/C13H14O7/c1-8(14)19-20-13-10(17-2)6-9(4-5-12(15)16)7-11(13)18-3/h4-7H,1-3H3,(H,15,16). The molecule has 0 amide bonds. The molecule has 0 saturated carbocycles. The third-order valence-electron chi connectivity index (χ3n) is 2.14. The topological polar surface area (TPSA) is 91.3 Å². The van der Waals surface area contributed by atoms with E-state index in [9.17, 15) is 9.59 Å². The van der Waals surface area contributed by atoms with E-state index in [1.54, 1.807) is 0 Å². The minimum absolute atomic E-state index is 0.0812. The van der Waals surface area contributed by atoms with E-state index in [1.807, 2.05) is 0 Å². The second kappa shape index (κ2) is 7.03. The fourth-order valence-electron chi connectivity index (χ4n) is 1.35. The molecule has 0 aliphatic heterocycles. The van der Waals surface area contributed by atoms with Crippen LogP contribution in [0, 0.1) is 0 Å². The fourth-order valence-corrected chi connectivity index (χ4v) is 1.35. The van der Waals surface area contributed by atoms with Crippen molar-refractivity contribution in [2.45, 2.75) is 6.92 Å². The van der Waals surface area contributed by atoms with Crippen LogP contribution in [0.3, 0.4) is 0 Å². The van der Waals surface area contributed by atoms with E-state index in [4.69, 9.17) is 19.5 Å². The summed E-state index contributed by atoms with van der Waals surface area (Å²) in [6.45, 7) is 1.18. The van der Waals surface area contributed by atoms with Crippen molar-refractivity contribution in [2.75, 3.05) is 14.2 Å². The summed E-state index contributed by atoms with van der Waals surface area (Å²) < 4.78 is 10.2. The second-order valence-electron chi connectivity index (χ2n) is 3.58. The number of carboxylic acid groups (broad SMARTS) is 1. The molecule has 0 aliphatic carbocycles. The van der Waals surface area contributed by atoms with E-state index < -0.39 is 11.9 Å². The van der Waals surface area contributed by atoms with Crippen molar-refractivity contribution in [3.63, 3.8) is 0 Å². The molecule has 1 rings (SSSR count). The zero-order valence-corrected chi connectivity index (χ0v) is 11.2. The Hall–Kier alpha value is -2.70. The normalized spacial score (nSPS) is 10.2. The van der Waals surface area contributed by atoms with E-state index in [0.717, 1.165) is 6.08 Å². The number of aliphatic carboxylic acids is 1. The van der Waals surface area contributed by atoms with Crippen molar-refractivity contribution in [1.82, 2.24) is 0 Å². The monoisotopic (exact) mass is 282 g/mol. The van der Waals surface area contributed by atoms with Gasteiger partial charge in [-0.05, 0) is 23.8 Å². The van der Waals surface area contributed by atoms with Gasteiger partial charge in [0.05, 0.1) is 14.2 Å². The van der Waals surface area contributed by atoms with Gasteiger partial charge in [-0.25, -0.2) is 9.59 Å². The van der Waals surface area contributed by atoms with Crippen molar-refractivity contribution < 1.29 is 33.9 Å². The van der Waals surface area contributed by atoms with Crippen LogP contribution in [0.4, 0.5) is 0 Å². The Labute approximate surface area is 115 Å². The number of benzene rings is 1. The molecule has 7 heteroatoms. The summed E-state index contributed by atoms with van der Waals surface area (Å²) in [6, 6.07) is 3.03. The highest BCUT2D eigenvalue weighted by molar-refractivity contribution is 5.85. The summed E-state index contributed by atoms with van der Waals surface area (Å²) in [5.74, 6) is -1.17. The summed E-state index contributed by atoms with van der Waals surface area (Å²) in [4.78, 5) is 30.5. The van der Waals surface area contributed by atoms with Gasteiger partial charge in [-0.1, -0.05) is 0 Å². The maximum atomic E-state index is 10.8. The lowest BCUT2D eigenvalue weighted by atomic mass is 10.1. The molecule has 0 atom stereocenters. The van der Waals surface area contributed by atoms with Gasteiger partial charge in [-0.2, -0.15) is 0 Å². The van der Waals surface area contributed by atoms with Crippen molar-refractivity contribution in [3.8, 4) is 17.2 Å². The first kappa shape index (κ1) is 15.4. The average molecular weight is 282 g/mol. The Morgan fingerprint density at radius 3 is 2.10 bits per heavy atom. The van der Waals surface area contributed by atoms with Crippen LogP contribution in [-0.2, 0) is 14.5 Å². The van der Waals surface area contributed by atoms with E-state index in [-0.39, 0.29) is 17.2 Å². The molecular formula is C13H14O7. The van der Waals surface area contributed by atoms with Gasteiger partial charge >= 0.3 is 11.9 Å². The van der Waals surface area contributed by atoms with Gasteiger partial charge in [-0.15, -0.1) is 0 Å². The van der Waals surface area contributed by atoms with Crippen LogP contribution in [0.15, 0.2) is 18.2 Å². The number of hydrogen-bond donors (Lipinski definition) is 1. The Bertz CT molecular complexity index is 509. The van der Waals surface area contributed by atoms with Gasteiger partial charge in [0, 0.05) is 13.0 Å². The molecule has 1 aromatic carbocycles. The highest BCUT2D eigenvalue weighted by atomic mass is 17.2. The van der Waals surface area contributed by atoms with Crippen LogP contribution < -0.4 is 14.4 Å². The van der Waals surface area contributed by atoms with Gasteiger partial charge in [0.2, 0.25) is 0 Å². The van der Waals surface area contributed by atoms with E-state index in [1.165, 1.54) is 39.4 Å². The summed E-state index contributed by atoms with van der Waals surface area (Å²) in [7, 11) is 2.78. The second-order valence-corrected chi connectivity index (χ2v) is 3.58. The Morgan fingerprint density at radius 1 is 1.15 bits per heavy atom. The molecule has 0 heterocycles. The molecule has 0 spiro atoms. The summed E-state index contributed by atoms with van der Waals surface area (Å²) in [5.41, 5.74) is 0.524. The van der Waals surface area contributed by atoms with E-state index in [2.05, 4.69) is 4.89 Å². The Balaban J connectivity index is 3.17. The van der Waals surface area contributed by atoms with Crippen LogP contribution >= 0.6 is 0 Å². The number of carbonyl (C=O) groups excluding carboxylic acids is 1. The molecule has 20 heavy (non-hydrogen) atoms. The third-order valence-corrected chi connectivity index (χ3v) is 2.14. The first-order chi connectivity index (χ1) is 9.47. The van der Waals surface area contributed by atoms with E-state index >= 15 is 0 Å². The first-order valence-corrected chi connectivity index (χ1v) is 5.50. The number of carbonyl (C=O) groups is 2. The molecule has 7 nitrogen and oxygen atoms in total. The first-order valence-electron chi connectivity index (χ1n) is 5.50. The fraction of sp³-hybridized carbons (Fsp3) is 0.231. The lowest BCUT2D eigenvalue weighted by Crippen LogP contribution is -2.05. The van der Waals surface area contributed by atoms with Crippen molar-refractivity contribution in [1.29, 1.82) is 0 Å². The van der Waals surface area contributed by atoms with E-state index in [0.29, 0.717) is 5.56 Å². The molecule has 0 bridgehead atoms. The molecular weight excluding hydrogens is 268 g/mol. The molecule has 0 fully saturated rings. The van der Waals surface area contributed by atoms with Gasteiger partial charge < -0.3 is 14.6 Å². The minimum atomic E-state index is -1.08. The van der Waals surface area contributed by atoms with Crippen LogP contribution in [-0.4, -0.2) is 31.3 Å². The third kappa shape index (κ3) is 4.20. The van der Waals surface area contributed by atoms with Crippen LogP contribution in [0.1, 0.15) is 12.5 Å². The zero-order chi connectivity index (χ0) is 15.1. The lowest BCUT2D eigenvalue weighted by Gasteiger charge is -2.12. The van der Waals surface area contributed by atoms with Crippen molar-refractivity contribution >= 4 is 18.0 Å². The maximum Gasteiger partial charge on any atom is 0.352 e. The maximum absolute atomic E-state index is 10.8. The zero-order valence-electron chi connectivity index (χ0n) is 11.2. The number of rotatable bonds is 6. The lowest BCUT2D eigenvalue weighted by molar-refractivity contribution is -0.211. The SMILES string of the molecule is COc1cc(C=CC(=O)O)cc(OC)c1OOC(C)=O. The Morgan fingerprint density at radius 2 is 1.70 bits per heavy atom. The summed E-state index contributed by atoms with van der Waals surface area (Å²) >= 11 is 0. The van der Waals surface area contributed by atoms with Gasteiger partial charge in [0.1, 0.15) is 0 Å². The quantitative estimate of drug-likeness (QED) is 0.482. The highest BCUT2D eigenvalue weighted by Gasteiger charge is 2.16. The molecule has 0 aromatic heterocycles. The largest absolute Gasteiger partial charge is 0.492 e. The molecule has 0 unspecified atom stereocenters. The summed E-state index contributed by atoms with van der Waals surface area (Å²) in [5, 5.41) is 8.60. The highest BCUT2D eigenvalue weighted by Crippen LogP contribution is 2.39. The predicted molar refractivity (Wildman–Crippen MR) is 68.6 cm³/mol. The minimum Gasteiger partial charge on any atom is -0.492 e. The smallest absolute Gasteiger partial charge is 0.352 e. The molecule has 0 saturated heterocycles. The van der Waals surface area contributed by atoms with Crippen LogP contribution in [0.5, 0.6) is 17.2 Å². The molecule has 0 radical (unpaired) electrons. The number of ether oxygens (including phenoxy) is 2. The number of methoxy groups -OCH3 is 2. The average Bonchev–Trinajstić information content (AvgIpc) is 2.42. The van der Waals surface area contributed by atoms with Crippen LogP contribution in [0.2, 0.25) is 0 Å². The van der Waals surface area contributed by atoms with Gasteiger partial charge in [0.15, 0.2) is 11.5 Å². The molecule has 0 aliphatic rings. The van der Waals surface area contributed by atoms with Gasteiger partial charge in [-0.3, -0.25) is 9.78 Å². The molecule has 108 valence electrons.